The van der Waals surface area contributed by atoms with Crippen LogP contribution in [0.3, 0.4) is 0 Å². The lowest BCUT2D eigenvalue weighted by Gasteiger charge is -2.33. The monoisotopic (exact) mass is 390 g/mol. The first-order chi connectivity index (χ1) is 11.4. The lowest BCUT2D eigenvalue weighted by molar-refractivity contribution is -0.294. The molecule has 1 atom stereocenters. The van der Waals surface area contributed by atoms with Crippen LogP contribution in [-0.2, 0) is 19.1 Å². The van der Waals surface area contributed by atoms with E-state index in [2.05, 4.69) is 4.74 Å². The predicted molar refractivity (Wildman–Crippen MR) is 84.6 cm³/mol. The van der Waals surface area contributed by atoms with Gasteiger partial charge in [-0.1, -0.05) is 41.5 Å². The highest BCUT2D eigenvalue weighted by molar-refractivity contribution is 5.74. The van der Waals surface area contributed by atoms with E-state index in [-0.39, 0.29) is 5.41 Å². The molecule has 26 heavy (non-hydrogen) atoms. The fourth-order valence-electron chi connectivity index (χ4n) is 2.02. The molecule has 0 aliphatic heterocycles. The molecule has 0 heterocycles. The van der Waals surface area contributed by atoms with Gasteiger partial charge in [-0.25, -0.2) is 0 Å². The molecular weight excluding hydrogens is 363 g/mol. The van der Waals surface area contributed by atoms with Crippen LogP contribution in [0.2, 0.25) is 0 Å². The van der Waals surface area contributed by atoms with E-state index in [4.69, 9.17) is 4.74 Å². The van der Waals surface area contributed by atoms with E-state index in [0.29, 0.717) is 6.42 Å². The quantitative estimate of drug-likeness (QED) is 0.465. The molecule has 0 radical (unpaired) electrons. The van der Waals surface area contributed by atoms with Crippen LogP contribution in [0.15, 0.2) is 0 Å². The van der Waals surface area contributed by atoms with E-state index in [9.17, 15) is 31.5 Å². The van der Waals surface area contributed by atoms with E-state index in [0.717, 1.165) is 0 Å². The maximum absolute atomic E-state index is 12.6. The van der Waals surface area contributed by atoms with E-state index in [1.165, 1.54) is 0 Å². The van der Waals surface area contributed by atoms with Crippen molar-refractivity contribution in [1.29, 1.82) is 0 Å². The summed E-state index contributed by atoms with van der Waals surface area (Å²) >= 11 is 0. The zero-order valence-electron chi connectivity index (χ0n) is 15.9. The summed E-state index contributed by atoms with van der Waals surface area (Å²) in [5.41, 5.74) is -0.557. The normalized spacial score (nSPS) is 14.7. The van der Waals surface area contributed by atoms with Crippen molar-refractivity contribution >= 4 is 11.9 Å². The Bertz CT molecular complexity index is 487. The van der Waals surface area contributed by atoms with Gasteiger partial charge in [0, 0.05) is 0 Å². The zero-order chi connectivity index (χ0) is 21.0. The average molecular weight is 390 g/mol. The molecule has 1 unspecified atom stereocenters. The number of carbonyl (C=O) groups is 2. The van der Waals surface area contributed by atoms with Crippen LogP contribution in [0.5, 0.6) is 0 Å². The van der Waals surface area contributed by atoms with Crippen molar-refractivity contribution in [2.24, 2.45) is 16.7 Å². The molecule has 0 saturated carbocycles. The highest BCUT2D eigenvalue weighted by Crippen LogP contribution is 2.37. The van der Waals surface area contributed by atoms with Crippen molar-refractivity contribution in [3.05, 3.63) is 0 Å². The van der Waals surface area contributed by atoms with Gasteiger partial charge in [0.25, 0.3) is 0 Å². The molecule has 0 amide bonds. The second kappa shape index (κ2) is 8.52. The van der Waals surface area contributed by atoms with Crippen LogP contribution in [-0.4, -0.2) is 37.3 Å². The average Bonchev–Trinajstić information content (AvgIpc) is 2.39. The summed E-state index contributed by atoms with van der Waals surface area (Å²) in [6.45, 7) is 8.89. The molecule has 0 rings (SSSR count). The Hall–Kier alpha value is -1.41. The summed E-state index contributed by atoms with van der Waals surface area (Å²) in [6, 6.07) is 0. The van der Waals surface area contributed by atoms with Gasteiger partial charge >= 0.3 is 24.0 Å². The first-order valence-electron chi connectivity index (χ1n) is 8.14. The van der Waals surface area contributed by atoms with Crippen LogP contribution in [0.4, 0.5) is 22.0 Å². The second-order valence-corrected chi connectivity index (χ2v) is 8.46. The molecule has 0 aliphatic carbocycles. The van der Waals surface area contributed by atoms with E-state index in [1.807, 2.05) is 41.5 Å². The Labute approximate surface area is 150 Å². The smallest absolute Gasteiger partial charge is 0.456 e. The first kappa shape index (κ1) is 24.6. The van der Waals surface area contributed by atoms with Gasteiger partial charge in [-0.2, -0.15) is 22.0 Å². The molecule has 9 heteroatoms. The molecule has 0 aromatic carbocycles. The van der Waals surface area contributed by atoms with Crippen LogP contribution < -0.4 is 0 Å². The number of esters is 2. The third-order valence-corrected chi connectivity index (χ3v) is 3.53. The molecule has 0 aliphatic rings. The maximum Gasteiger partial charge on any atom is 0.456 e. The molecule has 0 spiro atoms. The van der Waals surface area contributed by atoms with Gasteiger partial charge in [0.05, 0.1) is 12.3 Å². The van der Waals surface area contributed by atoms with Crippen LogP contribution in [0.25, 0.3) is 0 Å². The molecule has 154 valence electrons. The highest BCUT2D eigenvalue weighted by atomic mass is 19.4. The van der Waals surface area contributed by atoms with Crippen molar-refractivity contribution in [1.82, 2.24) is 0 Å². The Morgan fingerprint density at radius 2 is 1.38 bits per heavy atom. The van der Waals surface area contributed by atoms with E-state index in [1.54, 1.807) is 0 Å². The molecular formula is C17H27F5O4. The topological polar surface area (TPSA) is 52.6 Å². The minimum absolute atomic E-state index is 0.154. The summed E-state index contributed by atoms with van der Waals surface area (Å²) in [5.74, 6) is -7.44. The Morgan fingerprint density at radius 3 is 1.77 bits per heavy atom. The van der Waals surface area contributed by atoms with Crippen LogP contribution >= 0.6 is 0 Å². The second-order valence-electron chi connectivity index (χ2n) is 8.46. The predicted octanol–water partition coefficient (Wildman–Crippen LogP) is 4.76. The molecule has 0 saturated heterocycles. The Balaban J connectivity index is 4.52. The van der Waals surface area contributed by atoms with Gasteiger partial charge in [0.1, 0.15) is 6.61 Å². The minimum Gasteiger partial charge on any atom is -0.465 e. The number of ether oxygens (including phenoxy) is 2. The number of carbonyl (C=O) groups excluding carboxylic acids is 2. The Morgan fingerprint density at radius 1 is 0.885 bits per heavy atom. The largest absolute Gasteiger partial charge is 0.465 e. The van der Waals surface area contributed by atoms with Gasteiger partial charge in [0.2, 0.25) is 0 Å². The fourth-order valence-corrected chi connectivity index (χ4v) is 2.02. The molecule has 0 bridgehead atoms. The van der Waals surface area contributed by atoms with Crippen LogP contribution in [0, 0.1) is 16.7 Å². The zero-order valence-corrected chi connectivity index (χ0v) is 15.9. The van der Waals surface area contributed by atoms with Gasteiger partial charge in [-0.15, -0.1) is 0 Å². The fraction of sp³-hybridized carbons (Fsp3) is 0.882. The molecule has 0 aromatic rings. The van der Waals surface area contributed by atoms with Crippen molar-refractivity contribution in [2.45, 2.75) is 66.5 Å². The summed E-state index contributed by atoms with van der Waals surface area (Å²) < 4.78 is 70.1. The Kier molecular flexibility index (Phi) is 8.06. The van der Waals surface area contributed by atoms with Crippen molar-refractivity contribution in [3.63, 3.8) is 0 Å². The van der Waals surface area contributed by atoms with Crippen LogP contribution in [0.1, 0.15) is 54.4 Å². The number of halogens is 5. The van der Waals surface area contributed by atoms with Gasteiger partial charge in [0.15, 0.2) is 6.61 Å². The SMILES string of the molecule is CC(C)(C)CC(C(=O)OCCC(=O)OCC(F)(F)C(F)(F)F)C(C)(C)C. The summed E-state index contributed by atoms with van der Waals surface area (Å²) in [4.78, 5) is 23.5. The van der Waals surface area contributed by atoms with Crippen molar-refractivity contribution in [2.75, 3.05) is 13.2 Å². The number of alkyl halides is 5. The third-order valence-electron chi connectivity index (χ3n) is 3.53. The van der Waals surface area contributed by atoms with Gasteiger partial charge in [-0.05, 0) is 17.3 Å². The lowest BCUT2D eigenvalue weighted by atomic mass is 9.72. The number of hydrogen-bond acceptors (Lipinski definition) is 4. The van der Waals surface area contributed by atoms with E-state index >= 15 is 0 Å². The molecule has 4 nitrogen and oxygen atoms in total. The molecule has 0 aromatic heterocycles. The summed E-state index contributed by atoms with van der Waals surface area (Å²) in [7, 11) is 0. The van der Waals surface area contributed by atoms with E-state index < -0.39 is 55.0 Å². The third kappa shape index (κ3) is 8.80. The first-order valence-corrected chi connectivity index (χ1v) is 8.14. The van der Waals surface area contributed by atoms with Crippen molar-refractivity contribution < 1.29 is 41.0 Å². The standard InChI is InChI=1S/C17H27F5O4/c1-14(2,3)9-11(15(4,5)6)13(24)25-8-7-12(23)26-10-16(18,19)17(20,21)22/h11H,7-10H2,1-6H3. The molecule has 0 fully saturated rings. The van der Waals surface area contributed by atoms with Gasteiger partial charge in [-0.3, -0.25) is 9.59 Å². The number of hydrogen-bond donors (Lipinski definition) is 0. The highest BCUT2D eigenvalue weighted by Gasteiger charge is 2.58. The number of rotatable bonds is 7. The molecule has 0 N–H and O–H groups in total. The maximum atomic E-state index is 12.6. The summed E-state index contributed by atoms with van der Waals surface area (Å²) in [6.07, 6.45) is -5.88. The van der Waals surface area contributed by atoms with Crippen molar-refractivity contribution in [3.8, 4) is 0 Å². The minimum atomic E-state index is -5.80. The summed E-state index contributed by atoms with van der Waals surface area (Å²) in [5, 5.41) is 0. The lowest BCUT2D eigenvalue weighted by Crippen LogP contribution is -2.41. The van der Waals surface area contributed by atoms with Gasteiger partial charge < -0.3 is 9.47 Å².